The summed E-state index contributed by atoms with van der Waals surface area (Å²) < 4.78 is 79.8. The van der Waals surface area contributed by atoms with Crippen molar-refractivity contribution in [2.24, 2.45) is 0 Å². The third-order valence-corrected chi connectivity index (χ3v) is 6.30. The lowest BCUT2D eigenvalue weighted by Gasteiger charge is -2.34. The molecule has 9 nitrogen and oxygen atoms in total. The van der Waals surface area contributed by atoms with Crippen molar-refractivity contribution in [3.8, 4) is 11.5 Å². The first-order valence-electron chi connectivity index (χ1n) is 10.8. The number of pyridine rings is 1. The lowest BCUT2D eigenvalue weighted by molar-refractivity contribution is -0.285. The minimum Gasteiger partial charge on any atom is -0.310 e. The normalized spacial score (nSPS) is 20.1. The van der Waals surface area contributed by atoms with E-state index in [4.69, 9.17) is 0 Å². The molecule has 0 spiro atoms. The third-order valence-electron chi connectivity index (χ3n) is 6.30. The average Bonchev–Trinajstić information content (AvgIpc) is 3.06. The third kappa shape index (κ3) is 3.91. The summed E-state index contributed by atoms with van der Waals surface area (Å²) in [6, 6.07) is 0.963. The molecule has 0 aliphatic carbocycles. The lowest BCUT2D eigenvalue weighted by Crippen LogP contribution is -2.37. The van der Waals surface area contributed by atoms with Crippen LogP contribution in [0.1, 0.15) is 38.2 Å². The Morgan fingerprint density at radius 1 is 1.08 bits per heavy atom. The molecule has 3 aromatic heterocycles. The van der Waals surface area contributed by atoms with Gasteiger partial charge in [0.05, 0.1) is 11.6 Å². The number of nitrogens with one attached hydrogen (secondary N) is 2. The number of aryl methyl sites for hydroxylation is 1. The fourth-order valence-electron chi connectivity index (χ4n) is 4.48. The zero-order valence-electron chi connectivity index (χ0n) is 18.5. The fourth-order valence-corrected chi connectivity index (χ4v) is 4.48. The van der Waals surface area contributed by atoms with E-state index in [1.54, 1.807) is 6.92 Å². The van der Waals surface area contributed by atoms with Gasteiger partial charge in [-0.3, -0.25) is 9.59 Å². The van der Waals surface area contributed by atoms with E-state index in [2.05, 4.69) is 30.7 Å². The molecule has 36 heavy (non-hydrogen) atoms. The lowest BCUT2D eigenvalue weighted by atomic mass is 9.74. The Morgan fingerprint density at radius 3 is 2.42 bits per heavy atom. The summed E-state index contributed by atoms with van der Waals surface area (Å²) in [5, 5.41) is 9.27. The second-order valence-corrected chi connectivity index (χ2v) is 9.00. The Balaban J connectivity index is 1.65. The highest BCUT2D eigenvalue weighted by molar-refractivity contribution is 6.00. The van der Waals surface area contributed by atoms with Crippen molar-refractivity contribution in [2.45, 2.75) is 56.7 Å². The molecule has 1 unspecified atom stereocenters. The number of rotatable bonds is 4. The molecule has 15 heteroatoms. The maximum atomic E-state index is 14.0. The molecule has 2 N–H and O–H groups in total. The van der Waals surface area contributed by atoms with Gasteiger partial charge in [-0.15, -0.1) is 0 Å². The molecule has 0 saturated carbocycles. The topological polar surface area (TPSA) is 115 Å². The van der Waals surface area contributed by atoms with E-state index in [0.29, 0.717) is 12.0 Å². The SMILES string of the molecule is CC12CCC(=O)Nc3nc(-c4nn(CCC(F)(F)C(F)(F)F)c5ncc(F)cc45)nc(c31)NC(=O)C2. The zero-order valence-corrected chi connectivity index (χ0v) is 18.5. The van der Waals surface area contributed by atoms with E-state index in [0.717, 1.165) is 16.9 Å². The smallest absolute Gasteiger partial charge is 0.310 e. The molecular formula is C21H17F6N7O2. The molecule has 5 heterocycles. The summed E-state index contributed by atoms with van der Waals surface area (Å²) >= 11 is 0. The quantitative estimate of drug-likeness (QED) is 0.511. The van der Waals surface area contributed by atoms with Crippen LogP contribution in [0.3, 0.4) is 0 Å². The minimum atomic E-state index is -5.76. The van der Waals surface area contributed by atoms with Crippen LogP contribution in [0.15, 0.2) is 12.3 Å². The van der Waals surface area contributed by atoms with Crippen molar-refractivity contribution in [1.82, 2.24) is 24.7 Å². The van der Waals surface area contributed by atoms with Crippen LogP contribution in [0.4, 0.5) is 38.0 Å². The molecule has 2 aliphatic rings. The van der Waals surface area contributed by atoms with E-state index in [9.17, 15) is 35.9 Å². The number of nitrogens with zero attached hydrogens (tertiary/aromatic N) is 5. The Morgan fingerprint density at radius 2 is 1.75 bits per heavy atom. The van der Waals surface area contributed by atoms with E-state index >= 15 is 0 Å². The summed E-state index contributed by atoms with van der Waals surface area (Å²) in [5.74, 6) is -6.56. The molecule has 190 valence electrons. The van der Waals surface area contributed by atoms with Crippen LogP contribution in [0.5, 0.6) is 0 Å². The molecule has 2 amide bonds. The van der Waals surface area contributed by atoms with Gasteiger partial charge >= 0.3 is 12.1 Å². The summed E-state index contributed by atoms with van der Waals surface area (Å²) in [6.07, 6.45) is -6.06. The predicted octanol–water partition coefficient (Wildman–Crippen LogP) is 3.95. The van der Waals surface area contributed by atoms with Crippen molar-refractivity contribution in [1.29, 1.82) is 0 Å². The van der Waals surface area contributed by atoms with Gasteiger partial charge in [-0.1, -0.05) is 6.92 Å². The monoisotopic (exact) mass is 513 g/mol. The molecule has 2 aliphatic heterocycles. The first-order chi connectivity index (χ1) is 16.8. The van der Waals surface area contributed by atoms with Crippen molar-refractivity contribution in [3.63, 3.8) is 0 Å². The second kappa shape index (κ2) is 7.86. The van der Waals surface area contributed by atoms with Crippen LogP contribution in [-0.4, -0.2) is 48.6 Å². The minimum absolute atomic E-state index is 0.0534. The molecule has 0 fully saturated rings. The van der Waals surface area contributed by atoms with Gasteiger partial charge in [0.15, 0.2) is 11.5 Å². The molecule has 0 bridgehead atoms. The number of aromatic nitrogens is 5. The Hall–Kier alpha value is -3.78. The Bertz CT molecular complexity index is 1420. The number of amides is 2. The number of hydrogen-bond acceptors (Lipinski definition) is 6. The standard InChI is InChI=1S/C21H17F6N7O2/c1-19-3-2-11(35)29-15-13(19)16(30-12(36)7-19)32-17(31-15)14-10-6-9(22)8-28-18(10)34(33-14)5-4-20(23,24)21(25,26)27/h6,8H,2-5,7H2,1H3,(H2,29,30,31,32,35,36). The highest BCUT2D eigenvalue weighted by atomic mass is 19.4. The molecule has 0 aromatic carbocycles. The van der Waals surface area contributed by atoms with Crippen LogP contribution in [0.25, 0.3) is 22.6 Å². The van der Waals surface area contributed by atoms with E-state index < -0.39 is 36.3 Å². The van der Waals surface area contributed by atoms with Crippen LogP contribution in [0, 0.1) is 5.82 Å². The van der Waals surface area contributed by atoms with Gasteiger partial charge in [-0.2, -0.15) is 27.1 Å². The summed E-state index contributed by atoms with van der Waals surface area (Å²) in [7, 11) is 0. The number of fused-ring (bicyclic) bond motifs is 1. The molecule has 3 aromatic rings. The summed E-state index contributed by atoms with van der Waals surface area (Å²) in [6.45, 7) is 0.895. The number of anilines is 2. The summed E-state index contributed by atoms with van der Waals surface area (Å²) in [4.78, 5) is 37.2. The van der Waals surface area contributed by atoms with E-state index in [-0.39, 0.29) is 58.8 Å². The van der Waals surface area contributed by atoms with Crippen molar-refractivity contribution < 1.29 is 35.9 Å². The van der Waals surface area contributed by atoms with Crippen LogP contribution in [-0.2, 0) is 21.5 Å². The largest absolute Gasteiger partial charge is 0.453 e. The highest BCUT2D eigenvalue weighted by Crippen LogP contribution is 2.46. The van der Waals surface area contributed by atoms with E-state index in [1.165, 1.54) is 0 Å². The van der Waals surface area contributed by atoms with Gasteiger partial charge in [0, 0.05) is 36.8 Å². The van der Waals surface area contributed by atoms with E-state index in [1.807, 2.05) is 0 Å². The van der Waals surface area contributed by atoms with Crippen LogP contribution in [0.2, 0.25) is 0 Å². The number of carbonyl (C=O) groups excluding carboxylic acids is 2. The highest BCUT2D eigenvalue weighted by Gasteiger charge is 2.56. The second-order valence-electron chi connectivity index (χ2n) is 9.00. The van der Waals surface area contributed by atoms with Gasteiger partial charge in [0.25, 0.3) is 0 Å². The first kappa shape index (κ1) is 23.9. The van der Waals surface area contributed by atoms with Crippen molar-refractivity contribution >= 4 is 34.5 Å². The van der Waals surface area contributed by atoms with Crippen molar-refractivity contribution in [3.05, 3.63) is 23.6 Å². The molecule has 0 radical (unpaired) electrons. The maximum Gasteiger partial charge on any atom is 0.453 e. The molecule has 5 rings (SSSR count). The Labute approximate surface area is 198 Å². The predicted molar refractivity (Wildman–Crippen MR) is 113 cm³/mol. The number of hydrogen-bond donors (Lipinski definition) is 2. The van der Waals surface area contributed by atoms with Gasteiger partial charge in [0.2, 0.25) is 11.8 Å². The number of carbonyl (C=O) groups is 2. The summed E-state index contributed by atoms with van der Waals surface area (Å²) in [5.41, 5.74) is -0.599. The fraction of sp³-hybridized carbons (Fsp3) is 0.429. The zero-order chi connectivity index (χ0) is 26.0. The van der Waals surface area contributed by atoms with Crippen LogP contribution >= 0.6 is 0 Å². The van der Waals surface area contributed by atoms with Gasteiger partial charge in [-0.05, 0) is 12.5 Å². The number of halogens is 6. The maximum absolute atomic E-state index is 14.0. The van der Waals surface area contributed by atoms with Gasteiger partial charge in [0.1, 0.15) is 23.1 Å². The van der Waals surface area contributed by atoms with Crippen LogP contribution < -0.4 is 10.6 Å². The number of alkyl halides is 5. The molecule has 0 saturated heterocycles. The van der Waals surface area contributed by atoms with Gasteiger partial charge < -0.3 is 10.6 Å². The molecular weight excluding hydrogens is 496 g/mol. The molecule has 1 atom stereocenters. The van der Waals surface area contributed by atoms with Gasteiger partial charge in [-0.25, -0.2) is 24.0 Å². The average molecular weight is 513 g/mol. The first-order valence-corrected chi connectivity index (χ1v) is 10.8. The Kier molecular flexibility index (Phi) is 5.23. The van der Waals surface area contributed by atoms with Crippen molar-refractivity contribution in [2.75, 3.05) is 10.6 Å².